The summed E-state index contributed by atoms with van der Waals surface area (Å²) < 4.78 is 45.2. The highest BCUT2D eigenvalue weighted by atomic mass is 19.1. The number of hydrogen-bond acceptors (Lipinski definition) is 3. The first kappa shape index (κ1) is 15.3. The molecule has 1 atom stereocenters. The number of hydrogen-bond donors (Lipinski definition) is 2. The maximum atomic E-state index is 13.7. The van der Waals surface area contributed by atoms with E-state index in [2.05, 4.69) is 5.43 Å². The van der Waals surface area contributed by atoms with Crippen LogP contribution in [0.15, 0.2) is 36.4 Å². The van der Waals surface area contributed by atoms with Crippen LogP contribution in [0.3, 0.4) is 0 Å². The Morgan fingerprint density at radius 3 is 2.38 bits per heavy atom. The van der Waals surface area contributed by atoms with Crippen molar-refractivity contribution in [2.75, 3.05) is 7.11 Å². The SMILES string of the molecule is COc1ccc(F)cc1C(Cc1ccc(F)cc1F)NN. The molecule has 2 aromatic rings. The molecule has 0 saturated carbocycles. The van der Waals surface area contributed by atoms with E-state index in [0.29, 0.717) is 11.3 Å². The van der Waals surface area contributed by atoms with Gasteiger partial charge in [-0.15, -0.1) is 0 Å². The summed E-state index contributed by atoms with van der Waals surface area (Å²) in [5, 5.41) is 0. The maximum Gasteiger partial charge on any atom is 0.129 e. The summed E-state index contributed by atoms with van der Waals surface area (Å²) in [4.78, 5) is 0. The van der Waals surface area contributed by atoms with Gasteiger partial charge in [0.25, 0.3) is 0 Å². The lowest BCUT2D eigenvalue weighted by atomic mass is 9.98. The average molecular weight is 296 g/mol. The lowest BCUT2D eigenvalue weighted by Gasteiger charge is -2.19. The van der Waals surface area contributed by atoms with Crippen LogP contribution >= 0.6 is 0 Å². The second kappa shape index (κ2) is 6.60. The van der Waals surface area contributed by atoms with E-state index in [1.54, 1.807) is 0 Å². The average Bonchev–Trinajstić information content (AvgIpc) is 2.46. The van der Waals surface area contributed by atoms with E-state index in [-0.39, 0.29) is 12.0 Å². The molecule has 0 aliphatic carbocycles. The molecule has 0 amide bonds. The molecule has 0 spiro atoms. The zero-order valence-corrected chi connectivity index (χ0v) is 11.4. The zero-order valence-electron chi connectivity index (χ0n) is 11.4. The fraction of sp³-hybridized carbons (Fsp3) is 0.200. The first-order chi connectivity index (χ1) is 10.0. The Morgan fingerprint density at radius 1 is 1.10 bits per heavy atom. The lowest BCUT2D eigenvalue weighted by molar-refractivity contribution is 0.396. The van der Waals surface area contributed by atoms with Crippen molar-refractivity contribution in [1.29, 1.82) is 0 Å². The van der Waals surface area contributed by atoms with Crippen molar-refractivity contribution in [3.05, 3.63) is 65.0 Å². The van der Waals surface area contributed by atoms with E-state index in [0.717, 1.165) is 12.1 Å². The standard InChI is InChI=1S/C15H15F3N2O/c1-21-15-5-4-10(16)7-12(15)14(20-19)6-9-2-3-11(17)8-13(9)18/h2-5,7-8,14,20H,6,19H2,1H3. The van der Waals surface area contributed by atoms with Gasteiger partial charge in [0.15, 0.2) is 0 Å². The van der Waals surface area contributed by atoms with Crippen LogP contribution in [-0.2, 0) is 6.42 Å². The van der Waals surface area contributed by atoms with Crippen LogP contribution in [0.4, 0.5) is 13.2 Å². The number of benzene rings is 2. The predicted molar refractivity (Wildman–Crippen MR) is 73.1 cm³/mol. The van der Waals surface area contributed by atoms with Crippen LogP contribution in [0.5, 0.6) is 5.75 Å². The minimum Gasteiger partial charge on any atom is -0.496 e. The second-order valence-corrected chi connectivity index (χ2v) is 4.55. The largest absolute Gasteiger partial charge is 0.496 e. The summed E-state index contributed by atoms with van der Waals surface area (Å²) in [6, 6.07) is 6.71. The van der Waals surface area contributed by atoms with Crippen LogP contribution in [0.25, 0.3) is 0 Å². The molecular weight excluding hydrogens is 281 g/mol. The van der Waals surface area contributed by atoms with Crippen LogP contribution in [-0.4, -0.2) is 7.11 Å². The molecule has 0 heterocycles. The molecule has 1 unspecified atom stereocenters. The molecule has 0 radical (unpaired) electrons. The number of hydrazine groups is 1. The minimum absolute atomic E-state index is 0.127. The quantitative estimate of drug-likeness (QED) is 0.659. The molecule has 2 aromatic carbocycles. The van der Waals surface area contributed by atoms with Gasteiger partial charge in [-0.1, -0.05) is 6.07 Å². The number of ether oxygens (including phenoxy) is 1. The third-order valence-corrected chi connectivity index (χ3v) is 3.21. The normalized spacial score (nSPS) is 12.2. The number of halogens is 3. The van der Waals surface area contributed by atoms with Crippen molar-refractivity contribution in [3.8, 4) is 5.75 Å². The lowest BCUT2D eigenvalue weighted by Crippen LogP contribution is -2.30. The molecule has 21 heavy (non-hydrogen) atoms. The summed E-state index contributed by atoms with van der Waals surface area (Å²) >= 11 is 0. The minimum atomic E-state index is -0.675. The Bertz CT molecular complexity index is 634. The van der Waals surface area contributed by atoms with Crippen molar-refractivity contribution in [2.45, 2.75) is 12.5 Å². The third-order valence-electron chi connectivity index (χ3n) is 3.21. The number of methoxy groups -OCH3 is 1. The molecule has 0 bridgehead atoms. The molecular formula is C15H15F3N2O. The van der Waals surface area contributed by atoms with E-state index >= 15 is 0 Å². The molecule has 0 aromatic heterocycles. The summed E-state index contributed by atoms with van der Waals surface area (Å²) in [6.07, 6.45) is 0.127. The van der Waals surface area contributed by atoms with Crippen molar-refractivity contribution in [1.82, 2.24) is 5.43 Å². The molecule has 3 N–H and O–H groups in total. The van der Waals surface area contributed by atoms with E-state index in [1.165, 1.54) is 31.4 Å². The van der Waals surface area contributed by atoms with E-state index in [1.807, 2.05) is 0 Å². The summed E-state index contributed by atoms with van der Waals surface area (Å²) in [5.74, 6) is 4.13. The van der Waals surface area contributed by atoms with Gasteiger partial charge in [0.2, 0.25) is 0 Å². The van der Waals surface area contributed by atoms with Gasteiger partial charge < -0.3 is 4.74 Å². The highest BCUT2D eigenvalue weighted by molar-refractivity contribution is 5.37. The predicted octanol–water partition coefficient (Wildman–Crippen LogP) is 2.86. The number of rotatable bonds is 5. The number of nitrogens with one attached hydrogen (secondary N) is 1. The molecule has 2 rings (SSSR count). The Hall–Kier alpha value is -2.05. The maximum absolute atomic E-state index is 13.7. The van der Waals surface area contributed by atoms with E-state index in [9.17, 15) is 13.2 Å². The van der Waals surface area contributed by atoms with Gasteiger partial charge >= 0.3 is 0 Å². The molecule has 112 valence electrons. The Kier molecular flexibility index (Phi) is 4.82. The fourth-order valence-electron chi connectivity index (χ4n) is 2.14. The van der Waals surface area contributed by atoms with Gasteiger partial charge in [-0.3, -0.25) is 11.3 Å². The smallest absolute Gasteiger partial charge is 0.129 e. The summed E-state index contributed by atoms with van der Waals surface area (Å²) in [6.45, 7) is 0. The zero-order chi connectivity index (χ0) is 15.4. The summed E-state index contributed by atoms with van der Waals surface area (Å²) in [7, 11) is 1.45. The number of nitrogens with two attached hydrogens (primary N) is 1. The van der Waals surface area contributed by atoms with Crippen LogP contribution < -0.4 is 16.0 Å². The van der Waals surface area contributed by atoms with Gasteiger partial charge in [-0.25, -0.2) is 13.2 Å². The molecule has 3 nitrogen and oxygen atoms in total. The second-order valence-electron chi connectivity index (χ2n) is 4.55. The van der Waals surface area contributed by atoms with Gasteiger partial charge in [0.05, 0.1) is 13.2 Å². The monoisotopic (exact) mass is 296 g/mol. The summed E-state index contributed by atoms with van der Waals surface area (Å²) in [5.41, 5.74) is 3.23. The van der Waals surface area contributed by atoms with Crippen LogP contribution in [0, 0.1) is 17.5 Å². The molecule has 0 aliphatic heterocycles. The molecule has 6 heteroatoms. The van der Waals surface area contributed by atoms with Gasteiger partial charge in [-0.2, -0.15) is 0 Å². The van der Waals surface area contributed by atoms with Crippen molar-refractivity contribution >= 4 is 0 Å². The highest BCUT2D eigenvalue weighted by Gasteiger charge is 2.18. The Labute approximate surface area is 120 Å². The highest BCUT2D eigenvalue weighted by Crippen LogP contribution is 2.28. The van der Waals surface area contributed by atoms with Gasteiger partial charge in [0, 0.05) is 11.6 Å². The Balaban J connectivity index is 2.34. The van der Waals surface area contributed by atoms with Gasteiger partial charge in [0.1, 0.15) is 23.2 Å². The van der Waals surface area contributed by atoms with E-state index < -0.39 is 23.5 Å². The molecule has 0 aliphatic rings. The Morgan fingerprint density at radius 2 is 1.76 bits per heavy atom. The topological polar surface area (TPSA) is 47.3 Å². The van der Waals surface area contributed by atoms with Crippen molar-refractivity contribution in [3.63, 3.8) is 0 Å². The first-order valence-electron chi connectivity index (χ1n) is 6.28. The molecule has 0 fully saturated rings. The first-order valence-corrected chi connectivity index (χ1v) is 6.28. The van der Waals surface area contributed by atoms with E-state index in [4.69, 9.17) is 10.6 Å². The van der Waals surface area contributed by atoms with Crippen molar-refractivity contribution < 1.29 is 17.9 Å². The third kappa shape index (κ3) is 3.53. The van der Waals surface area contributed by atoms with Crippen molar-refractivity contribution in [2.24, 2.45) is 5.84 Å². The molecule has 0 saturated heterocycles. The fourth-order valence-corrected chi connectivity index (χ4v) is 2.14. The van der Waals surface area contributed by atoms with Gasteiger partial charge in [-0.05, 0) is 36.2 Å². The van der Waals surface area contributed by atoms with Crippen LogP contribution in [0.1, 0.15) is 17.2 Å². The van der Waals surface area contributed by atoms with Crippen LogP contribution in [0.2, 0.25) is 0 Å².